The fourth-order valence-corrected chi connectivity index (χ4v) is 0.516. The SMILES string of the molecule is O=CCCCCCO.[SbH3]. The first-order chi connectivity index (χ1) is 3.91. The molecule has 0 fully saturated rings. The zero-order valence-corrected chi connectivity index (χ0v) is 9.71. The van der Waals surface area contributed by atoms with E-state index in [1.54, 1.807) is 0 Å². The van der Waals surface area contributed by atoms with Crippen LogP contribution in [-0.2, 0) is 4.79 Å². The first kappa shape index (κ1) is 12.2. The zero-order valence-electron chi connectivity index (χ0n) is 5.68. The Morgan fingerprint density at radius 2 is 1.89 bits per heavy atom. The van der Waals surface area contributed by atoms with Gasteiger partial charge >= 0.3 is 24.4 Å². The Bertz CT molecular complexity index is 57.0. The standard InChI is InChI=1S/C6H12O2.Sb.3H/c7-5-3-1-2-4-6-8;;;;/h5,8H,1-4,6H2;;;;. The molecule has 0 aliphatic carbocycles. The van der Waals surface area contributed by atoms with Crippen LogP contribution in [0.3, 0.4) is 0 Å². The molecule has 0 rings (SSSR count). The molecule has 1 N–H and O–H groups in total. The number of carbonyl (C=O) groups is 1. The molecule has 0 atom stereocenters. The van der Waals surface area contributed by atoms with Crippen molar-refractivity contribution < 1.29 is 9.90 Å². The van der Waals surface area contributed by atoms with Crippen LogP contribution in [0.1, 0.15) is 25.7 Å². The van der Waals surface area contributed by atoms with Crippen molar-refractivity contribution in [2.75, 3.05) is 6.61 Å². The predicted molar refractivity (Wildman–Crippen MR) is 41.6 cm³/mol. The van der Waals surface area contributed by atoms with E-state index in [9.17, 15) is 4.79 Å². The third-order valence-corrected chi connectivity index (χ3v) is 0.980. The second-order valence-corrected chi connectivity index (χ2v) is 1.74. The summed E-state index contributed by atoms with van der Waals surface area (Å²) in [5.74, 6) is 0. The minimum absolute atomic E-state index is 0. The van der Waals surface area contributed by atoms with E-state index in [2.05, 4.69) is 0 Å². The van der Waals surface area contributed by atoms with Crippen LogP contribution in [0.2, 0.25) is 0 Å². The van der Waals surface area contributed by atoms with Crippen molar-refractivity contribution >= 4 is 30.7 Å². The molecule has 0 aromatic carbocycles. The fraction of sp³-hybridized carbons (Fsp3) is 0.833. The van der Waals surface area contributed by atoms with Gasteiger partial charge in [-0.05, 0) is 12.8 Å². The molecule has 0 aliphatic heterocycles. The van der Waals surface area contributed by atoms with Crippen LogP contribution in [0, 0.1) is 0 Å². The average Bonchev–Trinajstić information content (AvgIpc) is 1.81. The summed E-state index contributed by atoms with van der Waals surface area (Å²) >= 11 is 0. The summed E-state index contributed by atoms with van der Waals surface area (Å²) in [6, 6.07) is 0. The Hall–Kier alpha value is 0.448. The van der Waals surface area contributed by atoms with E-state index < -0.39 is 0 Å². The quantitative estimate of drug-likeness (QED) is 0.402. The average molecular weight is 241 g/mol. The molecule has 0 aliphatic rings. The Morgan fingerprint density at radius 1 is 1.22 bits per heavy atom. The van der Waals surface area contributed by atoms with Crippen LogP contribution in [0.15, 0.2) is 0 Å². The van der Waals surface area contributed by atoms with Crippen molar-refractivity contribution in [3.8, 4) is 0 Å². The summed E-state index contributed by atoms with van der Waals surface area (Å²) in [5.41, 5.74) is 0. The van der Waals surface area contributed by atoms with Gasteiger partial charge in [-0.2, -0.15) is 0 Å². The predicted octanol–water partition coefficient (Wildman–Crippen LogP) is -0.446. The molecule has 2 nitrogen and oxygen atoms in total. The van der Waals surface area contributed by atoms with Crippen molar-refractivity contribution in [3.05, 3.63) is 0 Å². The molecular formula is C6H15O2Sb. The summed E-state index contributed by atoms with van der Waals surface area (Å²) in [4.78, 5) is 9.71. The molecule has 0 saturated heterocycles. The number of hydrogen-bond donors (Lipinski definition) is 1. The molecule has 56 valence electrons. The van der Waals surface area contributed by atoms with Gasteiger partial charge in [0.05, 0.1) is 0 Å². The summed E-state index contributed by atoms with van der Waals surface area (Å²) in [6.45, 7) is 0.249. The molecule has 0 heterocycles. The summed E-state index contributed by atoms with van der Waals surface area (Å²) in [5, 5.41) is 8.28. The van der Waals surface area contributed by atoms with E-state index in [1.807, 2.05) is 0 Å². The summed E-state index contributed by atoms with van der Waals surface area (Å²) < 4.78 is 0. The maximum atomic E-state index is 9.71. The van der Waals surface area contributed by atoms with Gasteiger partial charge in [0, 0.05) is 13.0 Å². The normalized spacial score (nSPS) is 8.11. The van der Waals surface area contributed by atoms with Gasteiger partial charge in [0.2, 0.25) is 0 Å². The third-order valence-electron chi connectivity index (χ3n) is 0.980. The molecule has 0 radical (unpaired) electrons. The maximum absolute atomic E-state index is 9.71. The van der Waals surface area contributed by atoms with E-state index in [0.29, 0.717) is 6.42 Å². The molecule has 0 saturated carbocycles. The second-order valence-electron chi connectivity index (χ2n) is 1.74. The van der Waals surface area contributed by atoms with E-state index in [-0.39, 0.29) is 31.0 Å². The molecule has 0 unspecified atom stereocenters. The second kappa shape index (κ2) is 11.3. The van der Waals surface area contributed by atoms with Crippen LogP contribution in [0.4, 0.5) is 0 Å². The van der Waals surface area contributed by atoms with Gasteiger partial charge in [-0.25, -0.2) is 0 Å². The Morgan fingerprint density at radius 3 is 2.33 bits per heavy atom. The van der Waals surface area contributed by atoms with Crippen molar-refractivity contribution in [3.63, 3.8) is 0 Å². The third kappa shape index (κ3) is 11.8. The van der Waals surface area contributed by atoms with E-state index in [1.165, 1.54) is 0 Å². The number of rotatable bonds is 5. The van der Waals surface area contributed by atoms with Gasteiger partial charge in [-0.3, -0.25) is 0 Å². The van der Waals surface area contributed by atoms with Crippen molar-refractivity contribution in [2.45, 2.75) is 25.7 Å². The summed E-state index contributed by atoms with van der Waals surface area (Å²) in [7, 11) is 0. The van der Waals surface area contributed by atoms with Crippen molar-refractivity contribution in [2.24, 2.45) is 0 Å². The summed E-state index contributed by atoms with van der Waals surface area (Å²) in [6.07, 6.45) is 4.27. The van der Waals surface area contributed by atoms with Crippen LogP contribution >= 0.6 is 0 Å². The van der Waals surface area contributed by atoms with Gasteiger partial charge in [0.25, 0.3) is 0 Å². The van der Waals surface area contributed by atoms with Crippen LogP contribution in [-0.4, -0.2) is 42.4 Å². The van der Waals surface area contributed by atoms with Crippen LogP contribution in [0.5, 0.6) is 0 Å². The zero-order chi connectivity index (χ0) is 6.24. The van der Waals surface area contributed by atoms with Gasteiger partial charge in [0.15, 0.2) is 0 Å². The Kier molecular flexibility index (Phi) is 15.2. The first-order valence-electron chi connectivity index (χ1n) is 2.96. The molecule has 0 amide bonds. The molecule has 0 spiro atoms. The van der Waals surface area contributed by atoms with Gasteiger partial charge < -0.3 is 9.90 Å². The van der Waals surface area contributed by atoms with Gasteiger partial charge in [-0.1, -0.05) is 6.42 Å². The van der Waals surface area contributed by atoms with E-state index in [0.717, 1.165) is 25.5 Å². The van der Waals surface area contributed by atoms with E-state index >= 15 is 0 Å². The molecule has 0 aromatic rings. The molecule has 0 aromatic heterocycles. The molecular weight excluding hydrogens is 226 g/mol. The topological polar surface area (TPSA) is 37.3 Å². The number of unbranched alkanes of at least 4 members (excludes halogenated alkanes) is 3. The molecule has 3 heteroatoms. The minimum atomic E-state index is 0. The monoisotopic (exact) mass is 240 g/mol. The van der Waals surface area contributed by atoms with Crippen molar-refractivity contribution in [1.82, 2.24) is 0 Å². The van der Waals surface area contributed by atoms with Crippen molar-refractivity contribution in [1.29, 1.82) is 0 Å². The van der Waals surface area contributed by atoms with Gasteiger partial charge in [0.1, 0.15) is 6.29 Å². The number of aldehydes is 1. The molecule has 9 heavy (non-hydrogen) atoms. The van der Waals surface area contributed by atoms with E-state index in [4.69, 9.17) is 5.11 Å². The van der Waals surface area contributed by atoms with Gasteiger partial charge in [-0.15, -0.1) is 0 Å². The Balaban J connectivity index is 0. The number of aliphatic hydroxyl groups is 1. The van der Waals surface area contributed by atoms with Crippen LogP contribution in [0.25, 0.3) is 0 Å². The number of aliphatic hydroxyl groups excluding tert-OH is 1. The Labute approximate surface area is 73.1 Å². The number of hydrogen-bond acceptors (Lipinski definition) is 2. The van der Waals surface area contributed by atoms with Crippen LogP contribution < -0.4 is 0 Å². The number of carbonyl (C=O) groups excluding carboxylic acids is 1. The fourth-order valence-electron chi connectivity index (χ4n) is 0.516. The first-order valence-corrected chi connectivity index (χ1v) is 2.96. The molecule has 0 bridgehead atoms.